The molecule has 0 unspecified atom stereocenters. The van der Waals surface area contributed by atoms with Gasteiger partial charge in [-0.25, -0.2) is 8.42 Å². The Morgan fingerprint density at radius 2 is 1.90 bits per heavy atom. The molecular formula is C20H18N3O5S2-. The largest absolute Gasteiger partial charge is 0.497 e. The maximum Gasteiger partial charge on any atom is 0.248 e. The van der Waals surface area contributed by atoms with Crippen molar-refractivity contribution in [1.82, 2.24) is 4.98 Å². The van der Waals surface area contributed by atoms with Gasteiger partial charge in [-0.1, -0.05) is 6.20 Å². The molecule has 0 fully saturated rings. The van der Waals surface area contributed by atoms with E-state index in [4.69, 9.17) is 9.47 Å². The smallest absolute Gasteiger partial charge is 0.248 e. The van der Waals surface area contributed by atoms with E-state index in [1.54, 1.807) is 36.8 Å². The summed E-state index contributed by atoms with van der Waals surface area (Å²) >= 11 is 1.13. The zero-order valence-corrected chi connectivity index (χ0v) is 17.7. The van der Waals surface area contributed by atoms with Crippen LogP contribution in [0, 0.1) is 0 Å². The summed E-state index contributed by atoms with van der Waals surface area (Å²) < 4.78 is 38.7. The average molecular weight is 445 g/mol. The van der Waals surface area contributed by atoms with Crippen LogP contribution in [0.4, 0.5) is 10.8 Å². The van der Waals surface area contributed by atoms with E-state index in [1.807, 2.05) is 0 Å². The van der Waals surface area contributed by atoms with Crippen molar-refractivity contribution in [2.45, 2.75) is 4.90 Å². The molecule has 0 aliphatic rings. The highest BCUT2D eigenvalue weighted by molar-refractivity contribution is 7.94. The summed E-state index contributed by atoms with van der Waals surface area (Å²) in [5.41, 5.74) is 1.15. The van der Waals surface area contributed by atoms with E-state index in [0.717, 1.165) is 11.3 Å². The van der Waals surface area contributed by atoms with Gasteiger partial charge in [0.25, 0.3) is 0 Å². The summed E-state index contributed by atoms with van der Waals surface area (Å²) in [7, 11) is -0.779. The number of carbonyl (C=O) groups excluding carboxylic acids is 1. The standard InChI is InChI=1S/C20H19N3O5S2/c1-27-16-7-3-14(18(13-16)28-2)4-10-19(24)22-15-5-8-17(9-6-15)30(25,26)23-20-21-11-12-29-20/h3-13H,1-2H3,(H2,21,22,23,24)/p-1. The molecule has 2 aromatic carbocycles. The Bertz CT molecular complexity index is 1140. The first-order valence-corrected chi connectivity index (χ1v) is 10.9. The van der Waals surface area contributed by atoms with Gasteiger partial charge in [0.05, 0.1) is 19.1 Å². The fraction of sp³-hybridized carbons (Fsp3) is 0.100. The topological polar surface area (TPSA) is 109 Å². The van der Waals surface area contributed by atoms with Crippen LogP contribution in [0.2, 0.25) is 0 Å². The fourth-order valence-corrected chi connectivity index (χ4v) is 4.10. The monoisotopic (exact) mass is 444 g/mol. The molecule has 30 heavy (non-hydrogen) atoms. The number of nitrogens with one attached hydrogen (secondary N) is 1. The van der Waals surface area contributed by atoms with Crippen molar-refractivity contribution in [2.75, 3.05) is 19.5 Å². The third kappa shape index (κ3) is 5.37. The molecule has 0 aliphatic heterocycles. The number of methoxy groups -OCH3 is 2. The molecule has 1 heterocycles. The lowest BCUT2D eigenvalue weighted by Gasteiger charge is -2.12. The zero-order chi connectivity index (χ0) is 21.6. The number of rotatable bonds is 8. The van der Waals surface area contributed by atoms with Crippen molar-refractivity contribution in [1.29, 1.82) is 0 Å². The van der Waals surface area contributed by atoms with Crippen LogP contribution in [0.3, 0.4) is 0 Å². The Balaban J connectivity index is 1.65. The van der Waals surface area contributed by atoms with Gasteiger partial charge in [0.15, 0.2) is 0 Å². The van der Waals surface area contributed by atoms with E-state index in [9.17, 15) is 13.2 Å². The van der Waals surface area contributed by atoms with Gasteiger partial charge in [-0.3, -0.25) is 4.79 Å². The number of aromatic nitrogens is 1. The van der Waals surface area contributed by atoms with Gasteiger partial charge in [-0.15, -0.1) is 0 Å². The minimum absolute atomic E-state index is 0.00853. The molecule has 156 valence electrons. The number of hydrogen-bond acceptors (Lipinski definition) is 7. The highest BCUT2D eigenvalue weighted by atomic mass is 32.2. The number of nitrogens with zero attached hydrogens (tertiary/aromatic N) is 2. The van der Waals surface area contributed by atoms with Gasteiger partial charge >= 0.3 is 0 Å². The number of carbonyl (C=O) groups is 1. The number of amides is 1. The van der Waals surface area contributed by atoms with Crippen molar-refractivity contribution in [2.24, 2.45) is 0 Å². The van der Waals surface area contributed by atoms with Crippen LogP contribution in [0.25, 0.3) is 10.8 Å². The zero-order valence-electron chi connectivity index (χ0n) is 16.1. The SMILES string of the molecule is COc1ccc(C=CC(=O)Nc2ccc(S(=O)(=O)[N-]c3nccs3)cc2)c(OC)c1. The lowest BCUT2D eigenvalue weighted by molar-refractivity contribution is -0.111. The molecule has 8 nitrogen and oxygen atoms in total. The molecular weight excluding hydrogens is 426 g/mol. The van der Waals surface area contributed by atoms with E-state index in [1.165, 1.54) is 43.6 Å². The Morgan fingerprint density at radius 1 is 1.13 bits per heavy atom. The highest BCUT2D eigenvalue weighted by Crippen LogP contribution is 2.29. The molecule has 0 saturated carbocycles. The van der Waals surface area contributed by atoms with Crippen molar-refractivity contribution in [3.8, 4) is 11.5 Å². The van der Waals surface area contributed by atoms with Gasteiger partial charge in [-0.05, 0) is 47.9 Å². The van der Waals surface area contributed by atoms with E-state index < -0.39 is 10.0 Å². The number of hydrogen-bond donors (Lipinski definition) is 1. The predicted molar refractivity (Wildman–Crippen MR) is 116 cm³/mol. The maximum absolute atomic E-state index is 12.3. The second-order valence-electron chi connectivity index (χ2n) is 5.84. The van der Waals surface area contributed by atoms with Crippen LogP contribution in [0.1, 0.15) is 5.56 Å². The number of ether oxygens (including phenoxy) is 2. The molecule has 0 bridgehead atoms. The Morgan fingerprint density at radius 3 is 2.53 bits per heavy atom. The van der Waals surface area contributed by atoms with Crippen molar-refractivity contribution < 1.29 is 22.7 Å². The minimum Gasteiger partial charge on any atom is -0.497 e. The number of thiazole rings is 1. The minimum atomic E-state index is -3.87. The number of anilines is 1. The first-order chi connectivity index (χ1) is 14.4. The van der Waals surface area contributed by atoms with Crippen molar-refractivity contribution >= 4 is 44.2 Å². The third-order valence-electron chi connectivity index (χ3n) is 3.89. The quantitative estimate of drug-likeness (QED) is 0.522. The molecule has 0 spiro atoms. The van der Waals surface area contributed by atoms with Crippen LogP contribution in [-0.2, 0) is 14.8 Å². The molecule has 10 heteroatoms. The molecule has 1 aromatic heterocycles. The average Bonchev–Trinajstić information content (AvgIpc) is 3.24. The number of benzene rings is 2. The first-order valence-electron chi connectivity index (χ1n) is 8.60. The van der Waals surface area contributed by atoms with E-state index in [2.05, 4.69) is 15.0 Å². The van der Waals surface area contributed by atoms with E-state index in [0.29, 0.717) is 22.7 Å². The van der Waals surface area contributed by atoms with Gasteiger partial charge in [-0.2, -0.15) is 11.3 Å². The molecule has 1 N–H and O–H groups in total. The third-order valence-corrected chi connectivity index (χ3v) is 5.95. The molecule has 1 amide bonds. The van der Waals surface area contributed by atoms with E-state index in [-0.39, 0.29) is 15.9 Å². The molecule has 3 rings (SSSR count). The number of sulfonamides is 1. The Hall–Kier alpha value is -3.37. The van der Waals surface area contributed by atoms with Crippen LogP contribution in [-0.4, -0.2) is 33.5 Å². The van der Waals surface area contributed by atoms with Crippen molar-refractivity contribution in [3.63, 3.8) is 0 Å². The summed E-state index contributed by atoms with van der Waals surface area (Å²) in [5.74, 6) is 0.831. The fourth-order valence-electron chi connectivity index (χ4n) is 2.43. The van der Waals surface area contributed by atoms with Gasteiger partial charge in [0.2, 0.25) is 15.9 Å². The summed E-state index contributed by atoms with van der Waals surface area (Å²) in [5, 5.41) is 4.47. The highest BCUT2D eigenvalue weighted by Gasteiger charge is 2.10. The maximum atomic E-state index is 12.3. The Kier molecular flexibility index (Phi) is 6.70. The predicted octanol–water partition coefficient (Wildman–Crippen LogP) is 4.21. The normalized spacial score (nSPS) is 11.3. The Labute approximate surface area is 178 Å². The first kappa shape index (κ1) is 21.3. The van der Waals surface area contributed by atoms with E-state index >= 15 is 0 Å². The second kappa shape index (κ2) is 9.42. The van der Waals surface area contributed by atoms with Crippen LogP contribution in [0.5, 0.6) is 11.5 Å². The van der Waals surface area contributed by atoms with Crippen molar-refractivity contribution in [3.05, 3.63) is 70.4 Å². The van der Waals surface area contributed by atoms with Gasteiger partial charge in [0.1, 0.15) is 11.5 Å². The van der Waals surface area contributed by atoms with Crippen LogP contribution in [0.15, 0.2) is 65.0 Å². The molecule has 0 atom stereocenters. The van der Waals surface area contributed by atoms with Crippen LogP contribution < -0.4 is 14.8 Å². The second-order valence-corrected chi connectivity index (χ2v) is 8.31. The molecule has 0 radical (unpaired) electrons. The summed E-state index contributed by atoms with van der Waals surface area (Å²) in [6.07, 6.45) is 4.44. The summed E-state index contributed by atoms with van der Waals surface area (Å²) in [6, 6.07) is 11.0. The molecule has 0 aliphatic carbocycles. The van der Waals surface area contributed by atoms with Gasteiger partial charge < -0.3 is 24.5 Å². The van der Waals surface area contributed by atoms with Gasteiger partial charge in [0, 0.05) is 28.5 Å². The summed E-state index contributed by atoms with van der Waals surface area (Å²) in [4.78, 5) is 16.0. The lowest BCUT2D eigenvalue weighted by atomic mass is 10.1. The van der Waals surface area contributed by atoms with Crippen LogP contribution >= 0.6 is 11.3 Å². The molecule has 0 saturated heterocycles. The summed E-state index contributed by atoms with van der Waals surface area (Å²) in [6.45, 7) is 0. The molecule has 3 aromatic rings. The lowest BCUT2D eigenvalue weighted by Crippen LogP contribution is -2.08.